The fraction of sp³-hybridized carbons (Fsp3) is 0.417. The van der Waals surface area contributed by atoms with Crippen LogP contribution in [0.15, 0.2) is 35.9 Å². The second-order valence-electron chi connectivity index (χ2n) is 2.68. The summed E-state index contributed by atoms with van der Waals surface area (Å²) in [6.45, 7) is 9.50. The molecule has 3 N–H and O–H groups in total. The molecule has 0 rings (SSSR count). The lowest BCUT2D eigenvalue weighted by Gasteiger charge is -2.06. The fourth-order valence-corrected chi connectivity index (χ4v) is 0.937. The van der Waals surface area contributed by atoms with Crippen LogP contribution >= 0.6 is 12.2 Å². The first-order valence-electron chi connectivity index (χ1n) is 5.23. The Bertz CT molecular complexity index is 310. The number of hydrogen-bond donors (Lipinski definition) is 2. The lowest BCUT2D eigenvalue weighted by atomic mass is 10.3. The first-order chi connectivity index (χ1) is 8.01. The van der Waals surface area contributed by atoms with Crippen LogP contribution in [0, 0.1) is 0 Å². The zero-order valence-electron chi connectivity index (χ0n) is 11.2. The van der Waals surface area contributed by atoms with Crippen molar-refractivity contribution in [2.45, 2.75) is 20.8 Å². The highest BCUT2D eigenvalue weighted by atomic mass is 32.1. The van der Waals surface area contributed by atoms with Gasteiger partial charge in [0, 0.05) is 5.70 Å². The van der Waals surface area contributed by atoms with Gasteiger partial charge in [0.25, 0.3) is 0 Å². The number of thiocarbonyl (C=S) groups is 1. The molecule has 0 saturated heterocycles. The molecule has 4 nitrogen and oxygen atoms in total. The Balaban J connectivity index is 0. The molecule has 0 radical (unpaired) electrons. The first-order valence-corrected chi connectivity index (χ1v) is 5.64. The minimum absolute atomic E-state index is 0.177. The average molecular weight is 258 g/mol. The molecular weight excluding hydrogens is 236 g/mol. The van der Waals surface area contributed by atoms with Crippen LogP contribution in [-0.2, 0) is 9.47 Å². The molecule has 0 atom stereocenters. The number of rotatable bonds is 5. The van der Waals surface area contributed by atoms with Crippen LogP contribution < -0.4 is 11.1 Å². The van der Waals surface area contributed by atoms with Gasteiger partial charge < -0.3 is 20.5 Å². The Kier molecular flexibility index (Phi) is 11.6. The van der Waals surface area contributed by atoms with E-state index in [1.807, 2.05) is 13.8 Å². The second-order valence-corrected chi connectivity index (χ2v) is 3.12. The second kappa shape index (κ2) is 11.0. The van der Waals surface area contributed by atoms with E-state index in [0.29, 0.717) is 17.2 Å². The summed E-state index contributed by atoms with van der Waals surface area (Å²) < 4.78 is 10.1. The first kappa shape index (κ1) is 17.9. The fourth-order valence-electron chi connectivity index (χ4n) is 0.806. The molecule has 0 fully saturated rings. The Morgan fingerprint density at radius 1 is 1.24 bits per heavy atom. The molecule has 0 aromatic heterocycles. The maximum absolute atomic E-state index is 5.28. The Hall–Kier alpha value is -1.49. The van der Waals surface area contributed by atoms with E-state index in [9.17, 15) is 0 Å². The van der Waals surface area contributed by atoms with Gasteiger partial charge in [0.15, 0.2) is 10.9 Å². The molecule has 0 heterocycles. The van der Waals surface area contributed by atoms with E-state index in [2.05, 4.69) is 24.1 Å². The summed E-state index contributed by atoms with van der Waals surface area (Å²) in [5, 5.41) is 2.87. The third-order valence-corrected chi connectivity index (χ3v) is 1.69. The van der Waals surface area contributed by atoms with E-state index in [-0.39, 0.29) is 5.11 Å². The standard InChI is InChI=1S/C10H16N2O2S.C2H6/c1-7(12-10(11)15)5-6-9(14-4)8(2)13-3;1-2/h5-6H,1H2,2-4H3,(H3,11,12,15);1-2H3/b6-5-,9-8-;. The summed E-state index contributed by atoms with van der Waals surface area (Å²) in [5.74, 6) is 1.29. The van der Waals surface area contributed by atoms with Crippen LogP contribution in [0.3, 0.4) is 0 Å². The van der Waals surface area contributed by atoms with Crippen LogP contribution in [0.25, 0.3) is 0 Å². The summed E-state index contributed by atoms with van der Waals surface area (Å²) in [5.41, 5.74) is 5.86. The molecule has 0 spiro atoms. The molecule has 0 aliphatic rings. The van der Waals surface area contributed by atoms with Crippen molar-refractivity contribution in [3.8, 4) is 0 Å². The van der Waals surface area contributed by atoms with Gasteiger partial charge in [0.2, 0.25) is 0 Å². The van der Waals surface area contributed by atoms with Gasteiger partial charge in [-0.2, -0.15) is 0 Å². The lowest BCUT2D eigenvalue weighted by Crippen LogP contribution is -2.27. The zero-order chi connectivity index (χ0) is 13.8. The number of allylic oxidation sites excluding steroid dienone is 3. The smallest absolute Gasteiger partial charge is 0.168 e. The van der Waals surface area contributed by atoms with Crippen molar-refractivity contribution >= 4 is 17.3 Å². The van der Waals surface area contributed by atoms with Crippen molar-refractivity contribution in [3.05, 3.63) is 35.9 Å². The minimum Gasteiger partial charge on any atom is -0.498 e. The van der Waals surface area contributed by atoms with Crippen molar-refractivity contribution in [1.82, 2.24) is 5.32 Å². The number of ether oxygens (including phenoxy) is 2. The van der Waals surface area contributed by atoms with E-state index < -0.39 is 0 Å². The Morgan fingerprint density at radius 3 is 2.12 bits per heavy atom. The molecule has 0 amide bonds. The number of methoxy groups -OCH3 is 2. The highest BCUT2D eigenvalue weighted by Gasteiger charge is 1.98. The molecule has 0 saturated carbocycles. The van der Waals surface area contributed by atoms with E-state index in [1.54, 1.807) is 33.3 Å². The third kappa shape index (κ3) is 9.44. The molecule has 0 aliphatic heterocycles. The van der Waals surface area contributed by atoms with Crippen LogP contribution in [0.5, 0.6) is 0 Å². The SMILES string of the molecule is C=C(/C=C\C(OC)=C(/C)OC)NC(N)=S.CC. The van der Waals surface area contributed by atoms with Gasteiger partial charge in [-0.15, -0.1) is 0 Å². The maximum atomic E-state index is 5.28. The van der Waals surface area contributed by atoms with E-state index in [0.717, 1.165) is 0 Å². The van der Waals surface area contributed by atoms with Gasteiger partial charge in [-0.1, -0.05) is 20.4 Å². The molecule has 0 aliphatic carbocycles. The summed E-state index contributed by atoms with van der Waals surface area (Å²) in [6, 6.07) is 0. The van der Waals surface area contributed by atoms with Gasteiger partial charge in [0.05, 0.1) is 14.2 Å². The van der Waals surface area contributed by atoms with Crippen LogP contribution in [-0.4, -0.2) is 19.3 Å². The largest absolute Gasteiger partial charge is 0.498 e. The highest BCUT2D eigenvalue weighted by molar-refractivity contribution is 7.80. The van der Waals surface area contributed by atoms with Gasteiger partial charge in [-0.25, -0.2) is 0 Å². The summed E-state index contributed by atoms with van der Waals surface area (Å²) >= 11 is 4.66. The summed E-state index contributed by atoms with van der Waals surface area (Å²) in [7, 11) is 3.14. The summed E-state index contributed by atoms with van der Waals surface area (Å²) in [4.78, 5) is 0. The molecular formula is C12H22N2O2S. The molecule has 17 heavy (non-hydrogen) atoms. The maximum Gasteiger partial charge on any atom is 0.168 e. The number of nitrogens with two attached hydrogens (primary N) is 1. The molecule has 0 aromatic carbocycles. The Morgan fingerprint density at radius 2 is 1.76 bits per heavy atom. The quantitative estimate of drug-likeness (QED) is 0.450. The van der Waals surface area contributed by atoms with E-state index >= 15 is 0 Å². The molecule has 0 aromatic rings. The monoisotopic (exact) mass is 258 g/mol. The predicted molar refractivity (Wildman–Crippen MR) is 76.3 cm³/mol. The van der Waals surface area contributed by atoms with Gasteiger partial charge in [-0.3, -0.25) is 0 Å². The lowest BCUT2D eigenvalue weighted by molar-refractivity contribution is 0.232. The van der Waals surface area contributed by atoms with Gasteiger partial charge in [0.1, 0.15) is 5.76 Å². The van der Waals surface area contributed by atoms with Crippen molar-refractivity contribution in [2.24, 2.45) is 5.73 Å². The Labute approximate surface area is 109 Å². The molecule has 98 valence electrons. The van der Waals surface area contributed by atoms with Gasteiger partial charge >= 0.3 is 0 Å². The van der Waals surface area contributed by atoms with Crippen molar-refractivity contribution in [2.75, 3.05) is 14.2 Å². The highest BCUT2D eigenvalue weighted by Crippen LogP contribution is 2.07. The van der Waals surface area contributed by atoms with Crippen molar-refractivity contribution in [3.63, 3.8) is 0 Å². The van der Waals surface area contributed by atoms with Crippen molar-refractivity contribution in [1.29, 1.82) is 0 Å². The topological polar surface area (TPSA) is 56.5 Å². The molecule has 0 bridgehead atoms. The number of nitrogens with one attached hydrogen (secondary N) is 1. The minimum atomic E-state index is 0.177. The van der Waals surface area contributed by atoms with Crippen molar-refractivity contribution < 1.29 is 9.47 Å². The average Bonchev–Trinajstić information content (AvgIpc) is 2.31. The molecule has 5 heteroatoms. The summed E-state index contributed by atoms with van der Waals surface area (Å²) in [6.07, 6.45) is 3.41. The van der Waals surface area contributed by atoms with Crippen LogP contribution in [0.4, 0.5) is 0 Å². The van der Waals surface area contributed by atoms with Crippen LogP contribution in [0.2, 0.25) is 0 Å². The van der Waals surface area contributed by atoms with Gasteiger partial charge in [-0.05, 0) is 31.3 Å². The normalized spacial score (nSPS) is 10.9. The van der Waals surface area contributed by atoms with E-state index in [4.69, 9.17) is 15.2 Å². The number of hydrogen-bond acceptors (Lipinski definition) is 3. The van der Waals surface area contributed by atoms with Crippen LogP contribution in [0.1, 0.15) is 20.8 Å². The predicted octanol–water partition coefficient (Wildman–Crippen LogP) is 2.44. The van der Waals surface area contributed by atoms with E-state index in [1.165, 1.54) is 0 Å². The zero-order valence-corrected chi connectivity index (χ0v) is 12.0. The third-order valence-electron chi connectivity index (χ3n) is 1.59. The molecule has 0 unspecified atom stereocenters.